The molecule has 0 aliphatic carbocycles. The summed E-state index contributed by atoms with van der Waals surface area (Å²) in [6, 6.07) is 20.3. The third-order valence-electron chi connectivity index (χ3n) is 6.80. The molecule has 208 valence electrons. The average Bonchev–Trinajstić information content (AvgIpc) is 2.93. The molecule has 0 radical (unpaired) electrons. The third-order valence-corrected chi connectivity index (χ3v) is 7.79. The summed E-state index contributed by atoms with van der Waals surface area (Å²) in [5.74, 6) is -0.916. The Morgan fingerprint density at radius 1 is 1.02 bits per heavy atom. The number of aliphatic carboxylic acids is 1. The first kappa shape index (κ1) is 34.0. The first-order valence-electron chi connectivity index (χ1n) is 13.4. The van der Waals surface area contributed by atoms with Gasteiger partial charge in [-0.2, -0.15) is 11.8 Å². The van der Waals surface area contributed by atoms with Crippen LogP contribution in [-0.4, -0.2) is 36.5 Å². The summed E-state index contributed by atoms with van der Waals surface area (Å²) in [6.45, 7) is 5.08. The van der Waals surface area contributed by atoms with Crippen LogP contribution in [0.5, 0.6) is 0 Å². The Labute approximate surface area is 259 Å². The van der Waals surface area contributed by atoms with Gasteiger partial charge in [-0.3, -0.25) is 4.79 Å². The Kier molecular flexibility index (Phi) is 14.9. The van der Waals surface area contributed by atoms with E-state index in [1.54, 1.807) is 6.07 Å². The fourth-order valence-corrected chi connectivity index (χ4v) is 5.36. The molecule has 5 nitrogen and oxygen atoms in total. The minimum Gasteiger partial charge on any atom is -0.548 e. The van der Waals surface area contributed by atoms with Crippen LogP contribution in [-0.2, 0) is 16.1 Å². The number of aryl methyl sites for hydroxylation is 1. The van der Waals surface area contributed by atoms with Crippen LogP contribution in [0.15, 0.2) is 66.7 Å². The van der Waals surface area contributed by atoms with Gasteiger partial charge in [0, 0.05) is 16.5 Å². The Bertz CT molecular complexity index is 1260. The van der Waals surface area contributed by atoms with Crippen molar-refractivity contribution in [1.29, 1.82) is 0 Å². The van der Waals surface area contributed by atoms with Crippen LogP contribution in [0.1, 0.15) is 65.6 Å². The molecule has 0 aliphatic heterocycles. The fraction of sp³-hybridized carbons (Fsp3) is 0.375. The van der Waals surface area contributed by atoms with Gasteiger partial charge in [-0.1, -0.05) is 79.9 Å². The van der Waals surface area contributed by atoms with Crippen molar-refractivity contribution in [3.63, 3.8) is 0 Å². The number of unbranched alkanes of at least 4 members (excludes halogenated alkanes) is 1. The van der Waals surface area contributed by atoms with Crippen LogP contribution in [0.2, 0.25) is 5.02 Å². The van der Waals surface area contributed by atoms with E-state index in [-0.39, 0.29) is 24.8 Å². The Hall–Kier alpha value is -2.20. The van der Waals surface area contributed by atoms with Crippen molar-refractivity contribution in [2.45, 2.75) is 58.1 Å². The van der Waals surface area contributed by atoms with Gasteiger partial charge in [0.1, 0.15) is 0 Å². The molecular weight excluding hydrogens is 537 g/mol. The van der Waals surface area contributed by atoms with E-state index in [1.165, 1.54) is 11.8 Å². The van der Waals surface area contributed by atoms with Crippen LogP contribution in [0.4, 0.5) is 0 Å². The van der Waals surface area contributed by atoms with Crippen LogP contribution in [0, 0.1) is 6.92 Å². The number of thioether (sulfide) groups is 1. The van der Waals surface area contributed by atoms with Gasteiger partial charge in [0.2, 0.25) is 0 Å². The maximum atomic E-state index is 13.3. The molecule has 0 bridgehead atoms. The smallest absolute Gasteiger partial charge is 0.548 e. The molecule has 0 saturated carbocycles. The molecule has 3 rings (SSSR count). The minimum atomic E-state index is -1.28. The van der Waals surface area contributed by atoms with Crippen LogP contribution >= 0.6 is 23.4 Å². The second-order valence-corrected chi connectivity index (χ2v) is 11.1. The molecule has 0 aromatic heterocycles. The summed E-state index contributed by atoms with van der Waals surface area (Å²) in [5.41, 5.74) is 5.11. The summed E-state index contributed by atoms with van der Waals surface area (Å²) in [7, 11) is 0. The van der Waals surface area contributed by atoms with E-state index < -0.39 is 17.9 Å². The zero-order valence-electron chi connectivity index (χ0n) is 23.9. The van der Waals surface area contributed by atoms with Crippen molar-refractivity contribution in [1.82, 2.24) is 5.32 Å². The molecular formula is C32H37ClLiNO4S. The second kappa shape index (κ2) is 17.6. The molecule has 1 N–H and O–H groups in total. The molecule has 0 heterocycles. The Balaban J connectivity index is 0.00000560. The van der Waals surface area contributed by atoms with Crippen molar-refractivity contribution in [2.75, 3.05) is 18.6 Å². The van der Waals surface area contributed by atoms with E-state index in [0.29, 0.717) is 31.0 Å². The standard InChI is InChI=1S/C32H38ClNO4S.Li/c1-4-5-11-24(26-13-8-9-14-29(26)33)21-38-20-23-15-16-27(28(19-23)25-12-7-6-10-22(25)2)31(35)34-30(32(36)37)17-18-39-3;/h6-10,12-16,19,24,30H,4-5,11,17-18,20-21H2,1-3H3,(H,34,35)(H,36,37);/q;+1/p-1/t24?,30-;/m0./s1. The Morgan fingerprint density at radius 3 is 2.42 bits per heavy atom. The molecule has 0 saturated heterocycles. The number of hydrogen-bond acceptors (Lipinski definition) is 5. The molecule has 8 heteroatoms. The monoisotopic (exact) mass is 573 g/mol. The van der Waals surface area contributed by atoms with Gasteiger partial charge in [0.05, 0.1) is 25.2 Å². The first-order valence-corrected chi connectivity index (χ1v) is 15.1. The number of carboxylic acids is 1. The molecule has 0 fully saturated rings. The largest absolute Gasteiger partial charge is 1.00 e. The summed E-state index contributed by atoms with van der Waals surface area (Å²) in [6.07, 6.45) is 5.37. The predicted octanol–water partition coefficient (Wildman–Crippen LogP) is 3.41. The summed E-state index contributed by atoms with van der Waals surface area (Å²) in [4.78, 5) is 24.9. The second-order valence-electron chi connectivity index (χ2n) is 9.70. The van der Waals surface area contributed by atoms with Gasteiger partial charge in [-0.25, -0.2) is 0 Å². The number of nitrogens with one attached hydrogen (secondary N) is 1. The number of benzene rings is 3. The molecule has 3 aromatic carbocycles. The number of ether oxygens (including phenoxy) is 1. The number of rotatable bonds is 15. The normalized spacial score (nSPS) is 12.3. The first-order chi connectivity index (χ1) is 18.8. The molecule has 0 aliphatic rings. The maximum absolute atomic E-state index is 13.3. The van der Waals surface area contributed by atoms with E-state index in [1.807, 2.05) is 67.8 Å². The zero-order chi connectivity index (χ0) is 28.2. The zero-order valence-corrected chi connectivity index (χ0v) is 25.4. The molecule has 40 heavy (non-hydrogen) atoms. The number of carbonyl (C=O) groups is 2. The number of halogens is 1. The Morgan fingerprint density at radius 2 is 1.75 bits per heavy atom. The van der Waals surface area contributed by atoms with Gasteiger partial charge < -0.3 is 20.0 Å². The topological polar surface area (TPSA) is 78.5 Å². The number of carbonyl (C=O) groups excluding carboxylic acids is 2. The molecule has 0 spiro atoms. The molecule has 2 atom stereocenters. The number of amides is 1. The number of hydrogen-bond donors (Lipinski definition) is 1. The van der Waals surface area contributed by atoms with Gasteiger partial charge in [-0.05, 0) is 77.8 Å². The SMILES string of the molecule is CCCCC(COCc1ccc(C(=O)N[C@@H](CCSC)C(=O)[O-])c(-c2ccccc2C)c1)c1ccccc1Cl.[Li+]. The molecule has 1 unspecified atom stereocenters. The quantitative estimate of drug-likeness (QED) is 0.282. The average molecular weight is 574 g/mol. The van der Waals surface area contributed by atoms with Gasteiger partial charge in [0.25, 0.3) is 5.91 Å². The third kappa shape index (κ3) is 9.71. The van der Waals surface area contributed by atoms with Crippen LogP contribution in [0.3, 0.4) is 0 Å². The number of carboxylic acid groups (broad SMARTS) is 1. The fourth-order valence-electron chi connectivity index (χ4n) is 4.60. The van der Waals surface area contributed by atoms with Gasteiger partial charge in [0.15, 0.2) is 0 Å². The van der Waals surface area contributed by atoms with E-state index >= 15 is 0 Å². The molecule has 1 amide bonds. The summed E-state index contributed by atoms with van der Waals surface area (Å²) >= 11 is 8.02. The van der Waals surface area contributed by atoms with Crippen molar-refractivity contribution in [2.24, 2.45) is 0 Å². The maximum Gasteiger partial charge on any atom is 1.00 e. The van der Waals surface area contributed by atoms with Crippen molar-refractivity contribution >= 4 is 35.2 Å². The van der Waals surface area contributed by atoms with Crippen molar-refractivity contribution < 1.29 is 38.3 Å². The van der Waals surface area contributed by atoms with E-state index in [0.717, 1.165) is 52.1 Å². The van der Waals surface area contributed by atoms with Crippen molar-refractivity contribution in [3.8, 4) is 11.1 Å². The summed E-state index contributed by atoms with van der Waals surface area (Å²) in [5, 5.41) is 15.1. The van der Waals surface area contributed by atoms with Gasteiger partial charge >= 0.3 is 18.9 Å². The summed E-state index contributed by atoms with van der Waals surface area (Å²) < 4.78 is 6.20. The van der Waals surface area contributed by atoms with Crippen LogP contribution < -0.4 is 29.3 Å². The molecule has 3 aromatic rings. The van der Waals surface area contributed by atoms with E-state index in [4.69, 9.17) is 16.3 Å². The van der Waals surface area contributed by atoms with Gasteiger partial charge in [-0.15, -0.1) is 0 Å². The van der Waals surface area contributed by atoms with Crippen LogP contribution in [0.25, 0.3) is 11.1 Å². The minimum absolute atomic E-state index is 0. The van der Waals surface area contributed by atoms with E-state index in [2.05, 4.69) is 18.3 Å². The van der Waals surface area contributed by atoms with E-state index in [9.17, 15) is 14.7 Å². The predicted molar refractivity (Wildman–Crippen MR) is 159 cm³/mol. The van der Waals surface area contributed by atoms with Crippen molar-refractivity contribution in [3.05, 3.63) is 94.0 Å².